The molecule has 17 heavy (non-hydrogen) atoms. The van der Waals surface area contributed by atoms with Gasteiger partial charge in [0, 0.05) is 30.7 Å². The summed E-state index contributed by atoms with van der Waals surface area (Å²) in [5.74, 6) is 0.961. The molecule has 2 saturated carbocycles. The van der Waals surface area contributed by atoms with Crippen molar-refractivity contribution in [3.05, 3.63) is 0 Å². The van der Waals surface area contributed by atoms with Crippen LogP contribution in [0.3, 0.4) is 0 Å². The SMILES string of the molecule is CCC1CNC2(CCCCC2)CN1C1CC1C. The Hall–Kier alpha value is -0.0800. The lowest BCUT2D eigenvalue weighted by atomic mass is 9.79. The number of hydrogen-bond acceptors (Lipinski definition) is 2. The minimum atomic E-state index is 0.492. The number of rotatable bonds is 2. The van der Waals surface area contributed by atoms with Gasteiger partial charge in [-0.25, -0.2) is 0 Å². The van der Waals surface area contributed by atoms with Crippen LogP contribution in [0, 0.1) is 5.92 Å². The highest BCUT2D eigenvalue weighted by Crippen LogP contribution is 2.41. The molecule has 0 amide bonds. The maximum Gasteiger partial charge on any atom is 0.0309 e. The van der Waals surface area contributed by atoms with Crippen molar-refractivity contribution in [2.75, 3.05) is 13.1 Å². The van der Waals surface area contributed by atoms with E-state index in [1.165, 1.54) is 58.0 Å². The van der Waals surface area contributed by atoms with E-state index in [-0.39, 0.29) is 0 Å². The Balaban J connectivity index is 1.70. The monoisotopic (exact) mass is 236 g/mol. The molecule has 1 saturated heterocycles. The quantitative estimate of drug-likeness (QED) is 0.793. The van der Waals surface area contributed by atoms with Crippen molar-refractivity contribution in [1.82, 2.24) is 10.2 Å². The first-order valence-electron chi connectivity index (χ1n) is 7.75. The van der Waals surface area contributed by atoms with Crippen LogP contribution < -0.4 is 5.32 Å². The number of piperazine rings is 1. The molecule has 3 fully saturated rings. The van der Waals surface area contributed by atoms with Gasteiger partial charge in [0.15, 0.2) is 0 Å². The van der Waals surface area contributed by atoms with Gasteiger partial charge in [-0.2, -0.15) is 0 Å². The molecule has 0 bridgehead atoms. The summed E-state index contributed by atoms with van der Waals surface area (Å²) >= 11 is 0. The third-order valence-corrected chi connectivity index (χ3v) is 5.44. The van der Waals surface area contributed by atoms with E-state index in [2.05, 4.69) is 24.1 Å². The van der Waals surface area contributed by atoms with E-state index in [4.69, 9.17) is 0 Å². The lowest BCUT2D eigenvalue weighted by Crippen LogP contribution is -2.65. The van der Waals surface area contributed by atoms with Gasteiger partial charge in [0.05, 0.1) is 0 Å². The molecule has 0 radical (unpaired) electrons. The number of hydrogen-bond donors (Lipinski definition) is 1. The Morgan fingerprint density at radius 2 is 1.94 bits per heavy atom. The fraction of sp³-hybridized carbons (Fsp3) is 1.00. The van der Waals surface area contributed by atoms with Gasteiger partial charge in [-0.05, 0) is 31.6 Å². The molecule has 1 aliphatic heterocycles. The molecule has 0 aromatic carbocycles. The van der Waals surface area contributed by atoms with Crippen molar-refractivity contribution in [2.24, 2.45) is 5.92 Å². The largest absolute Gasteiger partial charge is 0.308 e. The molecule has 98 valence electrons. The molecule has 3 rings (SSSR count). The highest BCUT2D eigenvalue weighted by molar-refractivity contribution is 5.05. The minimum absolute atomic E-state index is 0.492. The summed E-state index contributed by atoms with van der Waals surface area (Å²) in [4.78, 5) is 2.87. The zero-order chi connectivity index (χ0) is 11.9. The summed E-state index contributed by atoms with van der Waals surface area (Å²) in [6.45, 7) is 7.35. The zero-order valence-corrected chi connectivity index (χ0v) is 11.5. The molecule has 1 N–H and O–H groups in total. The zero-order valence-electron chi connectivity index (χ0n) is 11.5. The van der Waals surface area contributed by atoms with E-state index < -0.39 is 0 Å². The van der Waals surface area contributed by atoms with Crippen LogP contribution >= 0.6 is 0 Å². The van der Waals surface area contributed by atoms with Gasteiger partial charge in [-0.1, -0.05) is 33.1 Å². The van der Waals surface area contributed by atoms with Crippen molar-refractivity contribution < 1.29 is 0 Å². The fourth-order valence-corrected chi connectivity index (χ4v) is 4.08. The van der Waals surface area contributed by atoms with Gasteiger partial charge < -0.3 is 5.32 Å². The van der Waals surface area contributed by atoms with Crippen LogP contribution in [0.15, 0.2) is 0 Å². The Bertz CT molecular complexity index is 270. The molecular weight excluding hydrogens is 208 g/mol. The van der Waals surface area contributed by atoms with E-state index in [1.807, 2.05) is 0 Å². The molecule has 0 aromatic rings. The predicted molar refractivity (Wildman–Crippen MR) is 72.2 cm³/mol. The molecule has 2 heteroatoms. The standard InChI is InChI=1S/C15H28N2/c1-3-13-10-16-15(7-5-4-6-8-15)11-17(13)14-9-12(14)2/h12-14,16H,3-11H2,1-2H3. The Morgan fingerprint density at radius 3 is 2.53 bits per heavy atom. The van der Waals surface area contributed by atoms with E-state index in [0.717, 1.165) is 18.0 Å². The van der Waals surface area contributed by atoms with Crippen LogP contribution in [-0.4, -0.2) is 35.6 Å². The highest BCUT2D eigenvalue weighted by atomic mass is 15.3. The van der Waals surface area contributed by atoms with Crippen LogP contribution in [0.2, 0.25) is 0 Å². The van der Waals surface area contributed by atoms with Crippen molar-refractivity contribution in [3.63, 3.8) is 0 Å². The molecular formula is C15H28N2. The van der Waals surface area contributed by atoms with Gasteiger partial charge in [-0.15, -0.1) is 0 Å². The average Bonchev–Trinajstić information content (AvgIpc) is 3.07. The molecule has 3 unspecified atom stereocenters. The van der Waals surface area contributed by atoms with Crippen molar-refractivity contribution in [2.45, 2.75) is 76.4 Å². The second kappa shape index (κ2) is 4.55. The summed E-state index contributed by atoms with van der Waals surface area (Å²) < 4.78 is 0. The lowest BCUT2D eigenvalue weighted by Gasteiger charge is -2.50. The van der Waals surface area contributed by atoms with E-state index in [0.29, 0.717) is 5.54 Å². The van der Waals surface area contributed by atoms with Crippen LogP contribution in [0.25, 0.3) is 0 Å². The van der Waals surface area contributed by atoms with Crippen LogP contribution in [0.4, 0.5) is 0 Å². The minimum Gasteiger partial charge on any atom is -0.308 e. The fourth-order valence-electron chi connectivity index (χ4n) is 4.08. The maximum atomic E-state index is 3.92. The van der Waals surface area contributed by atoms with Crippen LogP contribution in [0.5, 0.6) is 0 Å². The summed E-state index contributed by atoms with van der Waals surface area (Å²) in [6, 6.07) is 1.72. The van der Waals surface area contributed by atoms with Gasteiger partial charge >= 0.3 is 0 Å². The van der Waals surface area contributed by atoms with Gasteiger partial charge in [0.1, 0.15) is 0 Å². The Kier molecular flexibility index (Phi) is 3.20. The molecule has 3 atom stereocenters. The van der Waals surface area contributed by atoms with Crippen LogP contribution in [-0.2, 0) is 0 Å². The summed E-state index contributed by atoms with van der Waals surface area (Å²) in [7, 11) is 0. The van der Waals surface area contributed by atoms with Gasteiger partial charge in [0.2, 0.25) is 0 Å². The van der Waals surface area contributed by atoms with E-state index in [1.54, 1.807) is 0 Å². The van der Waals surface area contributed by atoms with Crippen molar-refractivity contribution in [3.8, 4) is 0 Å². The first-order chi connectivity index (χ1) is 8.24. The lowest BCUT2D eigenvalue weighted by molar-refractivity contribution is 0.0450. The van der Waals surface area contributed by atoms with Crippen molar-refractivity contribution in [1.29, 1.82) is 0 Å². The van der Waals surface area contributed by atoms with E-state index >= 15 is 0 Å². The van der Waals surface area contributed by atoms with E-state index in [9.17, 15) is 0 Å². The normalized spacial score (nSPS) is 41.6. The Labute approximate surface area is 106 Å². The molecule has 0 aromatic heterocycles. The first kappa shape index (κ1) is 12.0. The summed E-state index contributed by atoms with van der Waals surface area (Å²) in [5.41, 5.74) is 0.492. The smallest absolute Gasteiger partial charge is 0.0309 e. The second-order valence-corrected chi connectivity index (χ2v) is 6.74. The maximum absolute atomic E-state index is 3.92. The summed E-state index contributed by atoms with van der Waals surface area (Å²) in [5, 5.41) is 3.92. The number of nitrogens with zero attached hydrogens (tertiary/aromatic N) is 1. The summed E-state index contributed by atoms with van der Waals surface area (Å²) in [6.07, 6.45) is 9.94. The van der Waals surface area contributed by atoms with Gasteiger partial charge in [0.25, 0.3) is 0 Å². The number of nitrogens with one attached hydrogen (secondary N) is 1. The second-order valence-electron chi connectivity index (χ2n) is 6.74. The first-order valence-corrected chi connectivity index (χ1v) is 7.75. The molecule has 1 heterocycles. The topological polar surface area (TPSA) is 15.3 Å². The molecule has 3 aliphatic rings. The molecule has 2 aliphatic carbocycles. The van der Waals surface area contributed by atoms with Crippen molar-refractivity contribution >= 4 is 0 Å². The Morgan fingerprint density at radius 1 is 1.24 bits per heavy atom. The van der Waals surface area contributed by atoms with Crippen LogP contribution in [0.1, 0.15) is 58.8 Å². The third kappa shape index (κ3) is 2.26. The molecule has 1 spiro atoms. The molecule has 2 nitrogen and oxygen atoms in total. The highest BCUT2D eigenvalue weighted by Gasteiger charge is 2.47. The van der Waals surface area contributed by atoms with Gasteiger partial charge in [-0.3, -0.25) is 4.90 Å². The third-order valence-electron chi connectivity index (χ3n) is 5.44. The average molecular weight is 236 g/mol. The predicted octanol–water partition coefficient (Wildman–Crippen LogP) is 2.78.